The Kier molecular flexibility index (Phi) is 52.8. The predicted molar refractivity (Wildman–Crippen MR) is 338 cm³/mol. The molecule has 0 saturated carbocycles. The van der Waals surface area contributed by atoms with Crippen molar-refractivity contribution >= 4 is 11.9 Å². The molecule has 1 saturated heterocycles. The van der Waals surface area contributed by atoms with E-state index in [1.165, 1.54) is 96.3 Å². The molecule has 1 aliphatic rings. The van der Waals surface area contributed by atoms with Crippen molar-refractivity contribution in [2.24, 2.45) is 0 Å². The minimum atomic E-state index is -1.63. The van der Waals surface area contributed by atoms with Crippen LogP contribution in [-0.4, -0.2) is 99.6 Å². The summed E-state index contributed by atoms with van der Waals surface area (Å²) in [5.41, 5.74) is 0. The Balaban J connectivity index is 2.69. The number of amides is 1. The molecule has 1 rings (SSSR count). The molecule has 1 fully saturated rings. The molecular formula is C70H119NO10. The van der Waals surface area contributed by atoms with E-state index in [9.17, 15) is 35.1 Å². The minimum Gasteiger partial charge on any atom is -0.454 e. The molecule has 464 valence electrons. The summed E-state index contributed by atoms with van der Waals surface area (Å²) in [7, 11) is 0. The van der Waals surface area contributed by atoms with Crippen LogP contribution in [0.4, 0.5) is 0 Å². The predicted octanol–water partition coefficient (Wildman–Crippen LogP) is 16.1. The number of aliphatic hydroxyl groups excluding tert-OH is 5. The van der Waals surface area contributed by atoms with E-state index >= 15 is 0 Å². The second kappa shape index (κ2) is 56.8. The molecule has 81 heavy (non-hydrogen) atoms. The van der Waals surface area contributed by atoms with Crippen molar-refractivity contribution in [2.45, 2.75) is 307 Å². The molecule has 0 aliphatic carbocycles. The molecule has 1 aliphatic heterocycles. The minimum absolute atomic E-state index is 0.105. The Morgan fingerprint density at radius 3 is 1.36 bits per heavy atom. The number of unbranched alkanes of at least 4 members (excludes halogenated alkanes) is 24. The number of allylic oxidation sites excluding steroid dienone is 17. The first-order valence-corrected chi connectivity index (χ1v) is 32.7. The van der Waals surface area contributed by atoms with Gasteiger partial charge in [0, 0.05) is 6.42 Å². The summed E-state index contributed by atoms with van der Waals surface area (Å²) in [5.74, 6) is -1.24. The third kappa shape index (κ3) is 44.5. The van der Waals surface area contributed by atoms with Crippen LogP contribution in [0.3, 0.4) is 0 Å². The quantitative estimate of drug-likeness (QED) is 0.0195. The van der Waals surface area contributed by atoms with Gasteiger partial charge in [-0.3, -0.25) is 9.59 Å². The fraction of sp³-hybridized carbons (Fsp3) is 0.714. The number of hydrogen-bond donors (Lipinski definition) is 6. The zero-order valence-electron chi connectivity index (χ0n) is 51.4. The first kappa shape index (κ1) is 75.3. The van der Waals surface area contributed by atoms with Crippen molar-refractivity contribution in [1.29, 1.82) is 0 Å². The number of carbonyl (C=O) groups excluding carboxylic acids is 2. The Bertz CT molecular complexity index is 1730. The van der Waals surface area contributed by atoms with Gasteiger partial charge in [-0.2, -0.15) is 0 Å². The van der Waals surface area contributed by atoms with E-state index < -0.39 is 67.4 Å². The van der Waals surface area contributed by atoms with Crippen LogP contribution in [-0.2, 0) is 23.8 Å². The maximum Gasteiger partial charge on any atom is 0.306 e. The Hall–Kier alpha value is -3.68. The van der Waals surface area contributed by atoms with E-state index in [4.69, 9.17) is 14.2 Å². The summed E-state index contributed by atoms with van der Waals surface area (Å²) in [4.78, 5) is 26.6. The van der Waals surface area contributed by atoms with Crippen molar-refractivity contribution in [1.82, 2.24) is 5.32 Å². The van der Waals surface area contributed by atoms with E-state index in [1.807, 2.05) is 6.08 Å². The third-order valence-corrected chi connectivity index (χ3v) is 14.7. The Morgan fingerprint density at radius 1 is 0.494 bits per heavy atom. The summed E-state index contributed by atoms with van der Waals surface area (Å²) < 4.78 is 17.6. The fourth-order valence-corrected chi connectivity index (χ4v) is 9.51. The monoisotopic (exact) mass is 1130 g/mol. The van der Waals surface area contributed by atoms with Crippen LogP contribution >= 0.6 is 0 Å². The van der Waals surface area contributed by atoms with Gasteiger partial charge in [0.1, 0.15) is 24.4 Å². The number of rotatable bonds is 54. The molecule has 6 N–H and O–H groups in total. The van der Waals surface area contributed by atoms with Gasteiger partial charge in [-0.1, -0.05) is 252 Å². The third-order valence-electron chi connectivity index (χ3n) is 14.7. The average Bonchev–Trinajstić information content (AvgIpc) is 3.46. The lowest BCUT2D eigenvalue weighted by molar-refractivity contribution is -0.305. The van der Waals surface area contributed by atoms with Crippen LogP contribution in [0.15, 0.2) is 109 Å². The first-order chi connectivity index (χ1) is 39.7. The van der Waals surface area contributed by atoms with E-state index in [0.717, 1.165) is 116 Å². The lowest BCUT2D eigenvalue weighted by Crippen LogP contribution is -2.61. The van der Waals surface area contributed by atoms with Gasteiger partial charge in [0.2, 0.25) is 5.91 Å². The van der Waals surface area contributed by atoms with Gasteiger partial charge in [-0.05, 0) is 109 Å². The molecule has 0 spiro atoms. The summed E-state index contributed by atoms with van der Waals surface area (Å²) in [6.07, 6.45) is 66.9. The van der Waals surface area contributed by atoms with Gasteiger partial charge in [-0.15, -0.1) is 0 Å². The van der Waals surface area contributed by atoms with Gasteiger partial charge < -0.3 is 45.1 Å². The van der Waals surface area contributed by atoms with Crippen LogP contribution in [0.1, 0.15) is 258 Å². The first-order valence-electron chi connectivity index (χ1n) is 32.7. The summed E-state index contributed by atoms with van der Waals surface area (Å²) in [5, 5.41) is 57.1. The van der Waals surface area contributed by atoms with Crippen LogP contribution in [0, 0.1) is 0 Å². The molecule has 0 aromatic heterocycles. The van der Waals surface area contributed by atoms with Gasteiger partial charge in [-0.25, -0.2) is 0 Å². The molecular weight excluding hydrogens is 1010 g/mol. The van der Waals surface area contributed by atoms with Crippen molar-refractivity contribution in [3.63, 3.8) is 0 Å². The molecule has 1 heterocycles. The highest BCUT2D eigenvalue weighted by molar-refractivity contribution is 5.80. The number of aliphatic hydroxyl groups is 5. The number of carbonyl (C=O) groups is 2. The van der Waals surface area contributed by atoms with E-state index in [0.29, 0.717) is 12.8 Å². The average molecular weight is 1130 g/mol. The van der Waals surface area contributed by atoms with E-state index in [-0.39, 0.29) is 19.4 Å². The maximum atomic E-state index is 13.4. The topological polar surface area (TPSA) is 175 Å². The van der Waals surface area contributed by atoms with Crippen LogP contribution in [0.5, 0.6) is 0 Å². The van der Waals surface area contributed by atoms with Crippen molar-refractivity contribution in [2.75, 3.05) is 13.2 Å². The number of esters is 1. The second-order valence-corrected chi connectivity index (χ2v) is 22.1. The summed E-state index contributed by atoms with van der Waals surface area (Å²) in [6, 6.07) is -1.05. The molecule has 8 atom stereocenters. The van der Waals surface area contributed by atoms with Crippen molar-refractivity contribution in [3.8, 4) is 0 Å². The molecule has 0 bridgehead atoms. The SMILES string of the molecule is CC/C=C\C/C=C\C/C=C\C/C=C\C/C=C\CCCCC(O)C(=O)NC(COC1OC(CO)C(O)C(O)C1OC(=O)CCCCCCCCCC/C=C\C/C=C\C/C=C\CCCCC)C(O)/C=C/CCCCCCCCCCCCC. The number of hydrogen-bond acceptors (Lipinski definition) is 10. The summed E-state index contributed by atoms with van der Waals surface area (Å²) >= 11 is 0. The van der Waals surface area contributed by atoms with E-state index in [1.54, 1.807) is 6.08 Å². The van der Waals surface area contributed by atoms with Crippen LogP contribution in [0.2, 0.25) is 0 Å². The standard InChI is InChI=1S/C70H119NO10/c1-4-7-10-13-16-19-22-25-27-29-31-32-33-35-37-40-43-46-49-52-55-58-65(75)81-68-67(77)66(76)64(59-72)80-70(68)79-60-61(62(73)56-53-50-47-44-41-38-24-21-18-15-12-9-6-3)71-69(78)63(74)57-54-51-48-45-42-39-36-34-30-28-26-23-20-17-14-11-8-5-2/h8,11,16-17,19-20,25-28,31-32,34,36,42,45,53,56,61-64,66-68,70,72-74,76-77H,4-7,9-10,12-15,18,21-24,29-30,33,35,37-41,43-44,46-52,54-55,57-60H2,1-3H3,(H,71,78)/b11-8-,19-16-,20-17-,27-25-,28-26-,32-31-,36-34-,45-42-,56-53+. The second-order valence-electron chi connectivity index (χ2n) is 22.1. The van der Waals surface area contributed by atoms with Crippen LogP contribution < -0.4 is 5.32 Å². The largest absolute Gasteiger partial charge is 0.454 e. The highest BCUT2D eigenvalue weighted by Crippen LogP contribution is 2.26. The smallest absolute Gasteiger partial charge is 0.306 e. The van der Waals surface area contributed by atoms with Crippen molar-refractivity contribution in [3.05, 3.63) is 109 Å². The zero-order chi connectivity index (χ0) is 58.9. The normalized spacial score (nSPS) is 19.4. The zero-order valence-corrected chi connectivity index (χ0v) is 51.4. The maximum absolute atomic E-state index is 13.4. The van der Waals surface area contributed by atoms with E-state index in [2.05, 4.69) is 123 Å². The Morgan fingerprint density at radius 2 is 0.889 bits per heavy atom. The molecule has 8 unspecified atom stereocenters. The molecule has 0 radical (unpaired) electrons. The molecule has 1 amide bonds. The number of ether oxygens (including phenoxy) is 3. The lowest BCUT2D eigenvalue weighted by Gasteiger charge is -2.41. The van der Waals surface area contributed by atoms with Gasteiger partial charge >= 0.3 is 5.97 Å². The molecule has 11 heteroatoms. The highest BCUT2D eigenvalue weighted by Gasteiger charge is 2.47. The fourth-order valence-electron chi connectivity index (χ4n) is 9.51. The van der Waals surface area contributed by atoms with Crippen molar-refractivity contribution < 1.29 is 49.3 Å². The van der Waals surface area contributed by atoms with Gasteiger partial charge in [0.05, 0.1) is 25.4 Å². The number of nitrogens with one attached hydrogen (secondary N) is 1. The lowest BCUT2D eigenvalue weighted by atomic mass is 9.99. The van der Waals surface area contributed by atoms with Gasteiger partial charge in [0.25, 0.3) is 0 Å². The molecule has 0 aromatic carbocycles. The summed E-state index contributed by atoms with van der Waals surface area (Å²) in [6.45, 7) is 5.63. The highest BCUT2D eigenvalue weighted by atomic mass is 16.7. The van der Waals surface area contributed by atoms with Gasteiger partial charge in [0.15, 0.2) is 12.4 Å². The van der Waals surface area contributed by atoms with Crippen LogP contribution in [0.25, 0.3) is 0 Å². The Labute approximate surface area is 494 Å². The molecule has 11 nitrogen and oxygen atoms in total. The molecule has 0 aromatic rings.